The molecule has 1 aromatic heterocycles. The lowest BCUT2D eigenvalue weighted by Crippen LogP contribution is -2.13. The molecule has 0 saturated heterocycles. The Morgan fingerprint density at radius 3 is 2.77 bits per heavy atom. The van der Waals surface area contributed by atoms with Crippen molar-refractivity contribution in [2.75, 3.05) is 7.11 Å². The molecule has 2 heterocycles. The largest absolute Gasteiger partial charge is 0.497 e. The minimum Gasteiger partial charge on any atom is -0.497 e. The first kappa shape index (κ1) is 17.5. The molecule has 0 N–H and O–H groups in total. The van der Waals surface area contributed by atoms with Crippen molar-refractivity contribution in [3.8, 4) is 5.75 Å². The first-order valence-corrected chi connectivity index (χ1v) is 10.3. The molecule has 3 nitrogen and oxygen atoms in total. The summed E-state index contributed by atoms with van der Waals surface area (Å²) in [5.41, 5.74) is 3.85. The number of allylic oxidation sites excluding steroid dienone is 4. The molecule has 1 unspecified atom stereocenters. The van der Waals surface area contributed by atoms with E-state index in [0.29, 0.717) is 5.92 Å². The van der Waals surface area contributed by atoms with E-state index in [2.05, 4.69) is 42.7 Å². The van der Waals surface area contributed by atoms with Crippen molar-refractivity contribution in [1.29, 1.82) is 0 Å². The number of rotatable bonds is 4. The van der Waals surface area contributed by atoms with Gasteiger partial charge in [0.25, 0.3) is 0 Å². The van der Waals surface area contributed by atoms with E-state index in [0.717, 1.165) is 25.1 Å². The molecule has 2 aromatic rings. The molecular weight excluding hydrogens is 340 g/mol. The number of benzene rings is 1. The lowest BCUT2D eigenvalue weighted by Gasteiger charge is -2.22. The van der Waals surface area contributed by atoms with Crippen LogP contribution in [-0.2, 0) is 13.0 Å². The third kappa shape index (κ3) is 3.35. The van der Waals surface area contributed by atoms with E-state index in [-0.39, 0.29) is 0 Å². The second-order valence-corrected chi connectivity index (χ2v) is 8.34. The number of methoxy groups -OCH3 is 1. The van der Waals surface area contributed by atoms with Crippen molar-refractivity contribution >= 4 is 17.3 Å². The number of hydrogen-bond donors (Lipinski definition) is 0. The van der Waals surface area contributed by atoms with Crippen molar-refractivity contribution in [2.45, 2.75) is 51.0 Å². The summed E-state index contributed by atoms with van der Waals surface area (Å²) < 4.78 is 7.72. The van der Waals surface area contributed by atoms with Crippen LogP contribution in [0.3, 0.4) is 0 Å². The van der Waals surface area contributed by atoms with Crippen LogP contribution in [0.5, 0.6) is 5.75 Å². The zero-order chi connectivity index (χ0) is 18.1. The van der Waals surface area contributed by atoms with Crippen molar-refractivity contribution in [3.63, 3.8) is 0 Å². The van der Waals surface area contributed by atoms with Crippen LogP contribution in [-0.4, -0.2) is 16.7 Å². The molecule has 1 aliphatic heterocycles. The van der Waals surface area contributed by atoms with E-state index in [1.807, 2.05) is 23.9 Å². The molecule has 0 radical (unpaired) electrons. The standard InChI is InChI=1S/C22H26N2OS/c1-15-7-8-17(22-16(2)23-21-6-4-5-13-24(21)22)14-20(15)26-19-11-9-18(25-3)10-12-19/h8-12,14-15H,4-7,13H2,1-3H3. The Kier molecular flexibility index (Phi) is 4.94. The smallest absolute Gasteiger partial charge is 0.118 e. The molecule has 136 valence electrons. The van der Waals surface area contributed by atoms with Gasteiger partial charge in [-0.3, -0.25) is 0 Å². The minimum atomic E-state index is 0.551. The highest BCUT2D eigenvalue weighted by Crippen LogP contribution is 2.40. The van der Waals surface area contributed by atoms with Crippen molar-refractivity contribution < 1.29 is 4.74 Å². The number of nitrogens with zero attached hydrogens (tertiary/aromatic N) is 2. The Hall–Kier alpha value is -1.94. The average molecular weight is 367 g/mol. The van der Waals surface area contributed by atoms with Crippen molar-refractivity contribution in [1.82, 2.24) is 9.55 Å². The van der Waals surface area contributed by atoms with E-state index in [1.54, 1.807) is 7.11 Å². The number of aromatic nitrogens is 2. The van der Waals surface area contributed by atoms with Gasteiger partial charge in [0.1, 0.15) is 11.6 Å². The van der Waals surface area contributed by atoms with Crippen LogP contribution in [0.4, 0.5) is 0 Å². The third-order valence-corrected chi connectivity index (χ3v) is 6.56. The predicted octanol–water partition coefficient (Wildman–Crippen LogP) is 5.64. The fraction of sp³-hybridized carbons (Fsp3) is 0.409. The van der Waals surface area contributed by atoms with E-state index in [1.165, 1.54) is 45.4 Å². The van der Waals surface area contributed by atoms with Crippen LogP contribution in [0.2, 0.25) is 0 Å². The number of ether oxygens (including phenoxy) is 1. The molecule has 2 aliphatic rings. The normalized spacial score (nSPS) is 19.6. The molecular formula is C22H26N2OS. The van der Waals surface area contributed by atoms with E-state index in [9.17, 15) is 0 Å². The van der Waals surface area contributed by atoms with Gasteiger partial charge in [0.05, 0.1) is 18.5 Å². The molecule has 1 aromatic carbocycles. The summed E-state index contributed by atoms with van der Waals surface area (Å²) in [7, 11) is 1.71. The van der Waals surface area contributed by atoms with Gasteiger partial charge >= 0.3 is 0 Å². The summed E-state index contributed by atoms with van der Waals surface area (Å²) in [6, 6.07) is 8.34. The van der Waals surface area contributed by atoms with Gasteiger partial charge in [-0.1, -0.05) is 24.8 Å². The average Bonchev–Trinajstić information content (AvgIpc) is 3.00. The number of thioether (sulfide) groups is 1. The van der Waals surface area contributed by atoms with E-state index < -0.39 is 0 Å². The fourth-order valence-corrected chi connectivity index (χ4v) is 4.86. The first-order chi connectivity index (χ1) is 12.7. The van der Waals surface area contributed by atoms with Crippen LogP contribution in [0.1, 0.15) is 43.4 Å². The summed E-state index contributed by atoms with van der Waals surface area (Å²) >= 11 is 1.87. The van der Waals surface area contributed by atoms with Gasteiger partial charge in [-0.25, -0.2) is 4.98 Å². The zero-order valence-corrected chi connectivity index (χ0v) is 16.6. The Balaban J connectivity index is 1.63. The lowest BCUT2D eigenvalue weighted by atomic mass is 9.95. The van der Waals surface area contributed by atoms with Crippen LogP contribution in [0.25, 0.3) is 5.57 Å². The van der Waals surface area contributed by atoms with Crippen LogP contribution < -0.4 is 4.74 Å². The second kappa shape index (κ2) is 7.36. The third-order valence-electron chi connectivity index (χ3n) is 5.30. The van der Waals surface area contributed by atoms with Gasteiger partial charge < -0.3 is 9.30 Å². The van der Waals surface area contributed by atoms with E-state index >= 15 is 0 Å². The van der Waals surface area contributed by atoms with Gasteiger partial charge in [-0.15, -0.1) is 0 Å². The van der Waals surface area contributed by atoms with Crippen LogP contribution in [0.15, 0.2) is 46.2 Å². The number of imidazole rings is 1. The van der Waals surface area contributed by atoms with Crippen LogP contribution in [0, 0.1) is 12.8 Å². The van der Waals surface area contributed by atoms with Gasteiger partial charge in [0, 0.05) is 17.9 Å². The zero-order valence-electron chi connectivity index (χ0n) is 15.8. The predicted molar refractivity (Wildman–Crippen MR) is 109 cm³/mol. The van der Waals surface area contributed by atoms with Gasteiger partial charge in [-0.05, 0) is 72.9 Å². The maximum Gasteiger partial charge on any atom is 0.118 e. The fourth-order valence-electron chi connectivity index (χ4n) is 3.83. The molecule has 1 aliphatic carbocycles. The maximum atomic E-state index is 5.27. The van der Waals surface area contributed by atoms with Gasteiger partial charge in [0.2, 0.25) is 0 Å². The summed E-state index contributed by atoms with van der Waals surface area (Å²) in [5, 5.41) is 0. The summed E-state index contributed by atoms with van der Waals surface area (Å²) in [4.78, 5) is 7.54. The number of aryl methyl sites for hydroxylation is 2. The first-order valence-electron chi connectivity index (χ1n) is 9.45. The second-order valence-electron chi connectivity index (χ2n) is 7.19. The lowest BCUT2D eigenvalue weighted by molar-refractivity contribution is 0.414. The van der Waals surface area contributed by atoms with Crippen LogP contribution >= 0.6 is 11.8 Å². The number of hydrogen-bond acceptors (Lipinski definition) is 3. The Morgan fingerprint density at radius 1 is 1.19 bits per heavy atom. The molecule has 4 heteroatoms. The molecule has 4 rings (SSSR count). The highest BCUT2D eigenvalue weighted by Gasteiger charge is 2.23. The molecule has 0 fully saturated rings. The number of fused-ring (bicyclic) bond motifs is 1. The van der Waals surface area contributed by atoms with E-state index in [4.69, 9.17) is 9.72 Å². The van der Waals surface area contributed by atoms with Gasteiger partial charge in [-0.2, -0.15) is 0 Å². The van der Waals surface area contributed by atoms with Crippen molar-refractivity contribution in [3.05, 3.63) is 58.5 Å². The SMILES string of the molecule is COc1ccc(SC2=CC(c3c(C)nc4n3CCCC4)=CCC2C)cc1. The molecule has 0 amide bonds. The molecule has 0 bridgehead atoms. The monoisotopic (exact) mass is 366 g/mol. The summed E-state index contributed by atoms with van der Waals surface area (Å²) in [5.74, 6) is 2.72. The highest BCUT2D eigenvalue weighted by molar-refractivity contribution is 8.03. The Labute approximate surface area is 160 Å². The molecule has 0 spiro atoms. The Morgan fingerprint density at radius 2 is 2.00 bits per heavy atom. The topological polar surface area (TPSA) is 27.1 Å². The maximum absolute atomic E-state index is 5.27. The van der Waals surface area contributed by atoms with Crippen molar-refractivity contribution in [2.24, 2.45) is 5.92 Å². The molecule has 1 atom stereocenters. The molecule has 26 heavy (non-hydrogen) atoms. The summed E-state index contributed by atoms with van der Waals surface area (Å²) in [6.07, 6.45) is 9.51. The van der Waals surface area contributed by atoms with Gasteiger partial charge in [0.15, 0.2) is 0 Å². The quantitative estimate of drug-likeness (QED) is 0.701. The highest BCUT2D eigenvalue weighted by atomic mass is 32.2. The molecule has 0 saturated carbocycles. The summed E-state index contributed by atoms with van der Waals surface area (Å²) in [6.45, 7) is 5.57. The minimum absolute atomic E-state index is 0.551. The Bertz CT molecular complexity index is 861.